The summed E-state index contributed by atoms with van der Waals surface area (Å²) in [6, 6.07) is 25.0. The van der Waals surface area contributed by atoms with Crippen molar-refractivity contribution < 1.29 is 19.1 Å². The van der Waals surface area contributed by atoms with E-state index in [0.29, 0.717) is 21.9 Å². The maximum absolute atomic E-state index is 13.7. The Hall–Kier alpha value is -3.90. The molecular formula is C29H27NO4S. The Morgan fingerprint density at radius 1 is 0.914 bits per heavy atom. The van der Waals surface area contributed by atoms with Gasteiger partial charge in [-0.2, -0.15) is 0 Å². The van der Waals surface area contributed by atoms with Crippen LogP contribution in [0.4, 0.5) is 5.00 Å². The van der Waals surface area contributed by atoms with Gasteiger partial charge in [0.25, 0.3) is 0 Å². The second-order valence-corrected chi connectivity index (χ2v) is 8.90. The molecule has 0 bridgehead atoms. The molecule has 6 heteroatoms. The predicted molar refractivity (Wildman–Crippen MR) is 140 cm³/mol. The SMILES string of the molecule is CCOC(=O)c1c(-c2cc(C)ccc2OC)csc1NC(=O)C(c1ccccc1)c1ccccc1. The average Bonchev–Trinajstić information content (AvgIpc) is 3.29. The molecule has 4 rings (SSSR count). The number of amides is 1. The van der Waals surface area contributed by atoms with Gasteiger partial charge in [0.05, 0.1) is 19.6 Å². The van der Waals surface area contributed by atoms with Crippen LogP contribution in [0.1, 0.15) is 39.9 Å². The van der Waals surface area contributed by atoms with Crippen LogP contribution in [0.5, 0.6) is 5.75 Å². The highest BCUT2D eigenvalue weighted by Gasteiger charge is 2.28. The molecule has 0 saturated carbocycles. The van der Waals surface area contributed by atoms with E-state index >= 15 is 0 Å². The summed E-state index contributed by atoms with van der Waals surface area (Å²) in [6.07, 6.45) is 0. The fourth-order valence-electron chi connectivity index (χ4n) is 4.06. The molecule has 0 aliphatic heterocycles. The largest absolute Gasteiger partial charge is 0.496 e. The molecule has 1 amide bonds. The molecule has 0 fully saturated rings. The van der Waals surface area contributed by atoms with E-state index in [2.05, 4.69) is 5.32 Å². The summed E-state index contributed by atoms with van der Waals surface area (Å²) >= 11 is 1.30. The van der Waals surface area contributed by atoms with Crippen LogP contribution >= 0.6 is 11.3 Å². The van der Waals surface area contributed by atoms with Gasteiger partial charge < -0.3 is 14.8 Å². The molecule has 1 N–H and O–H groups in total. The second kappa shape index (κ2) is 11.0. The Labute approximate surface area is 209 Å². The molecule has 0 saturated heterocycles. The first kappa shape index (κ1) is 24.2. The standard InChI is InChI=1S/C29H27NO4S/c1-4-34-29(32)26-23(22-17-19(2)15-16-24(22)33-3)18-35-28(26)30-27(31)25(20-11-7-5-8-12-20)21-13-9-6-10-14-21/h5-18,25H,4H2,1-3H3,(H,30,31). The normalized spacial score (nSPS) is 10.7. The first-order chi connectivity index (χ1) is 17.0. The third-order valence-corrected chi connectivity index (χ3v) is 6.58. The summed E-state index contributed by atoms with van der Waals surface area (Å²) in [6.45, 7) is 3.96. The number of ether oxygens (including phenoxy) is 2. The summed E-state index contributed by atoms with van der Waals surface area (Å²) in [7, 11) is 1.59. The van der Waals surface area contributed by atoms with Gasteiger partial charge in [0.1, 0.15) is 16.3 Å². The molecule has 4 aromatic rings. The zero-order chi connectivity index (χ0) is 24.8. The molecule has 1 heterocycles. The highest BCUT2D eigenvalue weighted by atomic mass is 32.1. The number of esters is 1. The summed E-state index contributed by atoms with van der Waals surface area (Å²) < 4.78 is 10.9. The summed E-state index contributed by atoms with van der Waals surface area (Å²) in [4.78, 5) is 26.8. The van der Waals surface area contributed by atoms with Crippen molar-refractivity contribution in [2.24, 2.45) is 0 Å². The van der Waals surface area contributed by atoms with E-state index < -0.39 is 11.9 Å². The maximum atomic E-state index is 13.7. The van der Waals surface area contributed by atoms with Crippen LogP contribution in [0, 0.1) is 6.92 Å². The van der Waals surface area contributed by atoms with Crippen molar-refractivity contribution >= 4 is 28.2 Å². The Balaban J connectivity index is 1.78. The third kappa shape index (κ3) is 5.28. The number of rotatable bonds is 8. The lowest BCUT2D eigenvalue weighted by atomic mass is 9.90. The lowest BCUT2D eigenvalue weighted by Crippen LogP contribution is -2.23. The van der Waals surface area contributed by atoms with Crippen molar-refractivity contribution in [3.8, 4) is 16.9 Å². The Kier molecular flexibility index (Phi) is 7.63. The zero-order valence-electron chi connectivity index (χ0n) is 19.9. The van der Waals surface area contributed by atoms with Gasteiger partial charge in [-0.3, -0.25) is 4.79 Å². The van der Waals surface area contributed by atoms with Crippen molar-refractivity contribution in [2.45, 2.75) is 19.8 Å². The molecule has 0 radical (unpaired) electrons. The number of carbonyl (C=O) groups is 2. The number of benzene rings is 3. The van der Waals surface area contributed by atoms with E-state index in [1.54, 1.807) is 14.0 Å². The van der Waals surface area contributed by atoms with Gasteiger partial charge in [0.2, 0.25) is 5.91 Å². The van der Waals surface area contributed by atoms with Crippen molar-refractivity contribution in [3.05, 3.63) is 106 Å². The number of thiophene rings is 1. The van der Waals surface area contributed by atoms with E-state index in [1.165, 1.54) is 11.3 Å². The number of hydrogen-bond donors (Lipinski definition) is 1. The summed E-state index contributed by atoms with van der Waals surface area (Å²) in [5.74, 6) is -0.606. The van der Waals surface area contributed by atoms with E-state index in [4.69, 9.17) is 9.47 Å². The summed E-state index contributed by atoms with van der Waals surface area (Å²) in [5, 5.41) is 5.34. The maximum Gasteiger partial charge on any atom is 0.341 e. The Morgan fingerprint density at radius 2 is 1.54 bits per heavy atom. The number of methoxy groups -OCH3 is 1. The Morgan fingerprint density at radius 3 is 2.11 bits per heavy atom. The van der Waals surface area contributed by atoms with Crippen LogP contribution < -0.4 is 10.1 Å². The molecule has 0 aliphatic rings. The van der Waals surface area contributed by atoms with Gasteiger partial charge in [-0.25, -0.2) is 4.79 Å². The molecule has 0 atom stereocenters. The first-order valence-corrected chi connectivity index (χ1v) is 12.3. The van der Waals surface area contributed by atoms with E-state index in [9.17, 15) is 9.59 Å². The molecule has 178 valence electrons. The van der Waals surface area contributed by atoms with Crippen LogP contribution in [-0.4, -0.2) is 25.6 Å². The highest BCUT2D eigenvalue weighted by Crippen LogP contribution is 2.41. The molecule has 1 aromatic heterocycles. The van der Waals surface area contributed by atoms with E-state index in [1.807, 2.05) is 91.2 Å². The van der Waals surface area contributed by atoms with Gasteiger partial charge >= 0.3 is 5.97 Å². The molecule has 0 aliphatic carbocycles. The fraction of sp³-hybridized carbons (Fsp3) is 0.172. The molecule has 3 aromatic carbocycles. The van der Waals surface area contributed by atoms with E-state index in [0.717, 1.165) is 22.3 Å². The van der Waals surface area contributed by atoms with Crippen molar-refractivity contribution in [2.75, 3.05) is 19.0 Å². The molecule has 35 heavy (non-hydrogen) atoms. The minimum atomic E-state index is -0.536. The number of carbonyl (C=O) groups excluding carboxylic acids is 2. The van der Waals surface area contributed by atoms with Gasteiger partial charge in [0, 0.05) is 16.5 Å². The Bertz CT molecular complexity index is 1280. The zero-order valence-corrected chi connectivity index (χ0v) is 20.7. The third-order valence-electron chi connectivity index (χ3n) is 5.68. The van der Waals surface area contributed by atoms with Crippen molar-refractivity contribution in [1.82, 2.24) is 0 Å². The quantitative estimate of drug-likeness (QED) is 0.283. The van der Waals surface area contributed by atoms with Crippen LogP contribution in [0.3, 0.4) is 0 Å². The first-order valence-electron chi connectivity index (χ1n) is 11.4. The molecule has 5 nitrogen and oxygen atoms in total. The number of anilines is 1. The van der Waals surface area contributed by atoms with Crippen molar-refractivity contribution in [1.29, 1.82) is 0 Å². The molecule has 0 spiro atoms. The molecule has 0 unspecified atom stereocenters. The monoisotopic (exact) mass is 485 g/mol. The second-order valence-electron chi connectivity index (χ2n) is 8.02. The smallest absolute Gasteiger partial charge is 0.341 e. The number of hydrogen-bond acceptors (Lipinski definition) is 5. The lowest BCUT2D eigenvalue weighted by Gasteiger charge is -2.18. The van der Waals surface area contributed by atoms with Crippen LogP contribution in [0.25, 0.3) is 11.1 Å². The van der Waals surface area contributed by atoms with Gasteiger partial charge in [-0.1, -0.05) is 72.3 Å². The highest BCUT2D eigenvalue weighted by molar-refractivity contribution is 7.15. The minimum Gasteiger partial charge on any atom is -0.496 e. The predicted octanol–water partition coefficient (Wildman–Crippen LogP) is 6.68. The number of aryl methyl sites for hydroxylation is 1. The topological polar surface area (TPSA) is 64.6 Å². The summed E-state index contributed by atoms with van der Waals surface area (Å²) in [5.41, 5.74) is 4.53. The van der Waals surface area contributed by atoms with Crippen LogP contribution in [-0.2, 0) is 9.53 Å². The van der Waals surface area contributed by atoms with Gasteiger partial charge in [-0.15, -0.1) is 11.3 Å². The van der Waals surface area contributed by atoms with Crippen LogP contribution in [0.2, 0.25) is 0 Å². The van der Waals surface area contributed by atoms with Crippen LogP contribution in [0.15, 0.2) is 84.2 Å². The van der Waals surface area contributed by atoms with E-state index in [-0.39, 0.29) is 12.5 Å². The fourth-order valence-corrected chi connectivity index (χ4v) is 5.01. The molecular weight excluding hydrogens is 458 g/mol. The number of nitrogens with one attached hydrogen (secondary N) is 1. The average molecular weight is 486 g/mol. The van der Waals surface area contributed by atoms with Gasteiger partial charge in [0.15, 0.2) is 0 Å². The van der Waals surface area contributed by atoms with Crippen molar-refractivity contribution in [3.63, 3.8) is 0 Å². The van der Waals surface area contributed by atoms with Gasteiger partial charge in [-0.05, 0) is 37.1 Å². The minimum absolute atomic E-state index is 0.224. The lowest BCUT2D eigenvalue weighted by molar-refractivity contribution is -0.116.